The molecule has 22 heavy (non-hydrogen) atoms. The molecule has 2 aromatic carbocycles. The summed E-state index contributed by atoms with van der Waals surface area (Å²) in [5.41, 5.74) is -0.827. The van der Waals surface area contributed by atoms with E-state index in [9.17, 15) is 13.2 Å². The summed E-state index contributed by atoms with van der Waals surface area (Å²) >= 11 is 0. The van der Waals surface area contributed by atoms with Crippen molar-refractivity contribution < 1.29 is 17.9 Å². The number of hydrogen-bond acceptors (Lipinski definition) is 4. The lowest BCUT2D eigenvalue weighted by Gasteiger charge is -2.38. The van der Waals surface area contributed by atoms with Gasteiger partial charge in [-0.05, 0) is 38.1 Å². The Labute approximate surface area is 129 Å². The molecule has 114 valence electrons. The van der Waals surface area contributed by atoms with Crippen molar-refractivity contribution in [2.45, 2.75) is 29.6 Å². The van der Waals surface area contributed by atoms with E-state index in [1.165, 1.54) is 12.1 Å². The number of fused-ring (bicyclic) bond motifs is 1. The second kappa shape index (κ2) is 4.95. The molecule has 0 saturated carbocycles. The van der Waals surface area contributed by atoms with Gasteiger partial charge in [-0.1, -0.05) is 30.3 Å². The minimum atomic E-state index is -3.84. The summed E-state index contributed by atoms with van der Waals surface area (Å²) in [7, 11) is -3.84. The monoisotopic (exact) mass is 316 g/mol. The number of sulfone groups is 1. The summed E-state index contributed by atoms with van der Waals surface area (Å²) in [5, 5.41) is -1.27. The third-order valence-corrected chi connectivity index (χ3v) is 6.11. The van der Waals surface area contributed by atoms with Gasteiger partial charge in [-0.25, -0.2) is 8.42 Å². The van der Waals surface area contributed by atoms with E-state index >= 15 is 0 Å². The van der Waals surface area contributed by atoms with E-state index in [-0.39, 0.29) is 4.90 Å². The van der Waals surface area contributed by atoms with Crippen LogP contribution in [0.2, 0.25) is 0 Å². The summed E-state index contributed by atoms with van der Waals surface area (Å²) in [5.74, 6) is 0.00714. The highest BCUT2D eigenvalue weighted by atomic mass is 32.2. The van der Waals surface area contributed by atoms with Crippen LogP contribution in [-0.2, 0) is 9.84 Å². The van der Waals surface area contributed by atoms with E-state index in [1.807, 2.05) is 0 Å². The molecular formula is C17H16O4S. The van der Waals surface area contributed by atoms with Gasteiger partial charge >= 0.3 is 0 Å². The molecule has 0 aromatic heterocycles. The molecule has 1 atom stereocenters. The van der Waals surface area contributed by atoms with Crippen LogP contribution >= 0.6 is 0 Å². The van der Waals surface area contributed by atoms with Crippen LogP contribution in [0, 0.1) is 0 Å². The van der Waals surface area contributed by atoms with Gasteiger partial charge in [-0.3, -0.25) is 4.79 Å². The number of ether oxygens (including phenoxy) is 1. The lowest BCUT2D eigenvalue weighted by molar-refractivity contribution is 0.0641. The first-order valence-corrected chi connectivity index (χ1v) is 8.50. The highest BCUT2D eigenvalue weighted by Gasteiger charge is 2.51. The van der Waals surface area contributed by atoms with Crippen molar-refractivity contribution in [2.24, 2.45) is 0 Å². The Morgan fingerprint density at radius 2 is 1.55 bits per heavy atom. The molecule has 0 radical (unpaired) electrons. The van der Waals surface area contributed by atoms with E-state index in [0.29, 0.717) is 11.3 Å². The van der Waals surface area contributed by atoms with Gasteiger partial charge in [-0.2, -0.15) is 0 Å². The van der Waals surface area contributed by atoms with E-state index in [4.69, 9.17) is 4.74 Å². The largest absolute Gasteiger partial charge is 0.485 e. The Morgan fingerprint density at radius 1 is 0.955 bits per heavy atom. The van der Waals surface area contributed by atoms with Crippen LogP contribution in [0.4, 0.5) is 0 Å². The zero-order chi connectivity index (χ0) is 16.0. The summed E-state index contributed by atoms with van der Waals surface area (Å²) < 4.78 is 31.7. The van der Waals surface area contributed by atoms with E-state index < -0.39 is 26.5 Å². The number of carbonyl (C=O) groups is 1. The summed E-state index contributed by atoms with van der Waals surface area (Å²) in [4.78, 5) is 12.9. The Bertz CT molecular complexity index is 823. The maximum Gasteiger partial charge on any atom is 0.192 e. The second-order valence-corrected chi connectivity index (χ2v) is 7.84. The molecule has 0 amide bonds. The summed E-state index contributed by atoms with van der Waals surface area (Å²) in [6.45, 7) is 3.26. The Kier molecular flexibility index (Phi) is 3.33. The number of rotatable bonds is 2. The van der Waals surface area contributed by atoms with Gasteiger partial charge < -0.3 is 4.74 Å². The van der Waals surface area contributed by atoms with Crippen molar-refractivity contribution >= 4 is 15.6 Å². The molecule has 0 fully saturated rings. The van der Waals surface area contributed by atoms with Crippen molar-refractivity contribution in [3.05, 3.63) is 60.2 Å². The van der Waals surface area contributed by atoms with Gasteiger partial charge in [-0.15, -0.1) is 0 Å². The Hall–Kier alpha value is -2.14. The molecular weight excluding hydrogens is 300 g/mol. The molecule has 0 aliphatic carbocycles. The molecule has 0 N–H and O–H groups in total. The second-order valence-electron chi connectivity index (χ2n) is 5.80. The van der Waals surface area contributed by atoms with Gasteiger partial charge in [0.25, 0.3) is 0 Å². The van der Waals surface area contributed by atoms with E-state index in [1.54, 1.807) is 56.3 Å². The maximum atomic E-state index is 12.9. The molecule has 0 bridgehead atoms. The third-order valence-electron chi connectivity index (χ3n) is 3.78. The molecule has 4 nitrogen and oxygen atoms in total. The molecule has 1 aliphatic rings. The zero-order valence-corrected chi connectivity index (χ0v) is 13.1. The van der Waals surface area contributed by atoms with Crippen molar-refractivity contribution in [1.82, 2.24) is 0 Å². The summed E-state index contributed by atoms with van der Waals surface area (Å²) in [6.07, 6.45) is 0. The van der Waals surface area contributed by atoms with Crippen molar-refractivity contribution in [3.8, 4) is 5.75 Å². The first-order chi connectivity index (χ1) is 10.3. The molecule has 1 aliphatic heterocycles. The van der Waals surface area contributed by atoms with Gasteiger partial charge in [0.2, 0.25) is 0 Å². The quantitative estimate of drug-likeness (QED) is 0.855. The number of ketones is 1. The molecule has 1 unspecified atom stereocenters. The molecule has 1 heterocycles. The fourth-order valence-electron chi connectivity index (χ4n) is 2.81. The topological polar surface area (TPSA) is 60.4 Å². The van der Waals surface area contributed by atoms with Gasteiger partial charge in [0.1, 0.15) is 11.4 Å². The average Bonchev–Trinajstić information content (AvgIpc) is 2.47. The minimum absolute atomic E-state index is 0.129. The Morgan fingerprint density at radius 3 is 2.23 bits per heavy atom. The van der Waals surface area contributed by atoms with Crippen LogP contribution in [-0.4, -0.2) is 25.1 Å². The molecule has 0 saturated heterocycles. The van der Waals surface area contributed by atoms with Crippen LogP contribution in [0.15, 0.2) is 59.5 Å². The van der Waals surface area contributed by atoms with Gasteiger partial charge in [0.05, 0.1) is 10.5 Å². The van der Waals surface area contributed by atoms with Crippen LogP contribution in [0.5, 0.6) is 5.75 Å². The number of Topliss-reactive ketones (excluding diaryl/α,β-unsaturated/α-hetero) is 1. The molecule has 5 heteroatoms. The fourth-order valence-corrected chi connectivity index (χ4v) is 4.83. The first-order valence-electron chi connectivity index (χ1n) is 6.95. The van der Waals surface area contributed by atoms with Crippen molar-refractivity contribution in [2.75, 3.05) is 0 Å². The smallest absolute Gasteiger partial charge is 0.192 e. The fraction of sp³-hybridized carbons (Fsp3) is 0.235. The lowest BCUT2D eigenvalue weighted by Crippen LogP contribution is -2.54. The normalized spacial score (nSPS) is 20.1. The third kappa shape index (κ3) is 2.22. The standard InChI is InChI=1S/C17H16O4S/c1-17(2)16(22(19,20)12-8-4-3-5-9-12)15(18)13-10-6-7-11-14(13)21-17/h3-11,16H,1-2H3. The zero-order valence-electron chi connectivity index (χ0n) is 12.3. The number of benzene rings is 2. The van der Waals surface area contributed by atoms with Crippen LogP contribution < -0.4 is 4.74 Å². The van der Waals surface area contributed by atoms with E-state index in [2.05, 4.69) is 0 Å². The predicted molar refractivity (Wildman–Crippen MR) is 82.9 cm³/mol. The van der Waals surface area contributed by atoms with Gasteiger partial charge in [0.15, 0.2) is 20.9 Å². The van der Waals surface area contributed by atoms with Crippen molar-refractivity contribution in [1.29, 1.82) is 0 Å². The van der Waals surface area contributed by atoms with Crippen LogP contribution in [0.1, 0.15) is 24.2 Å². The van der Waals surface area contributed by atoms with E-state index in [0.717, 1.165) is 0 Å². The molecule has 0 spiro atoms. The number of para-hydroxylation sites is 1. The highest BCUT2D eigenvalue weighted by Crippen LogP contribution is 2.38. The highest BCUT2D eigenvalue weighted by molar-refractivity contribution is 7.93. The first kappa shape index (κ1) is 14.8. The van der Waals surface area contributed by atoms with Gasteiger partial charge in [0, 0.05) is 0 Å². The maximum absolute atomic E-state index is 12.9. The number of carbonyl (C=O) groups excluding carboxylic acids is 1. The van der Waals surface area contributed by atoms with Crippen LogP contribution in [0.3, 0.4) is 0 Å². The Balaban J connectivity index is 2.17. The minimum Gasteiger partial charge on any atom is -0.485 e. The summed E-state index contributed by atoms with van der Waals surface area (Å²) in [6, 6.07) is 14.8. The molecule has 2 aromatic rings. The average molecular weight is 316 g/mol. The van der Waals surface area contributed by atoms with Crippen molar-refractivity contribution in [3.63, 3.8) is 0 Å². The molecule has 3 rings (SSSR count). The SMILES string of the molecule is CC1(C)Oc2ccccc2C(=O)C1S(=O)(=O)c1ccccc1. The lowest BCUT2D eigenvalue weighted by atomic mass is 9.92. The number of hydrogen-bond donors (Lipinski definition) is 0. The van der Waals surface area contributed by atoms with Crippen LogP contribution in [0.25, 0.3) is 0 Å². The predicted octanol–water partition coefficient (Wildman–Crippen LogP) is 2.88.